The lowest BCUT2D eigenvalue weighted by Gasteiger charge is -2.12. The van der Waals surface area contributed by atoms with Crippen LogP contribution in [0.25, 0.3) is 6.08 Å². The molecule has 0 amide bonds. The minimum atomic E-state index is 1.07. The molecule has 0 radical (unpaired) electrons. The maximum atomic E-state index is 3.84. The van der Waals surface area contributed by atoms with Gasteiger partial charge in [0.25, 0.3) is 0 Å². The van der Waals surface area contributed by atoms with Gasteiger partial charge in [-0.1, -0.05) is 45.4 Å². The number of nitrogens with one attached hydrogen (secondary N) is 1. The molecule has 1 aromatic rings. The second-order valence-corrected chi connectivity index (χ2v) is 4.50. The van der Waals surface area contributed by atoms with E-state index < -0.39 is 0 Å². The van der Waals surface area contributed by atoms with Crippen LogP contribution in [0.4, 0.5) is 5.69 Å². The van der Waals surface area contributed by atoms with Crippen LogP contribution in [0.3, 0.4) is 0 Å². The van der Waals surface area contributed by atoms with Gasteiger partial charge >= 0.3 is 0 Å². The van der Waals surface area contributed by atoms with E-state index in [0.29, 0.717) is 0 Å². The molecule has 0 heterocycles. The molecular formula is C16H25N. The van der Waals surface area contributed by atoms with Gasteiger partial charge < -0.3 is 5.32 Å². The van der Waals surface area contributed by atoms with E-state index in [9.17, 15) is 0 Å². The maximum Gasteiger partial charge on any atom is 0.0373 e. The van der Waals surface area contributed by atoms with Gasteiger partial charge in [0.2, 0.25) is 0 Å². The fourth-order valence-corrected chi connectivity index (χ4v) is 1.89. The molecule has 0 saturated carbocycles. The van der Waals surface area contributed by atoms with Gasteiger partial charge in [-0.3, -0.25) is 0 Å². The summed E-state index contributed by atoms with van der Waals surface area (Å²) in [6, 6.07) is 6.59. The van der Waals surface area contributed by atoms with Crippen LogP contribution < -0.4 is 5.32 Å². The SMILES string of the molecule is C=Cc1ccc(NCCCC)c(CCCC)c1. The van der Waals surface area contributed by atoms with Gasteiger partial charge in [-0.15, -0.1) is 0 Å². The summed E-state index contributed by atoms with van der Waals surface area (Å²) < 4.78 is 0. The van der Waals surface area contributed by atoms with E-state index in [0.717, 1.165) is 13.0 Å². The molecule has 0 aliphatic rings. The van der Waals surface area contributed by atoms with Gasteiger partial charge in [-0.2, -0.15) is 0 Å². The molecule has 1 heteroatoms. The Bertz CT molecular complexity index is 341. The minimum absolute atomic E-state index is 1.07. The monoisotopic (exact) mass is 231 g/mol. The molecule has 1 aromatic carbocycles. The average molecular weight is 231 g/mol. The van der Waals surface area contributed by atoms with Crippen LogP contribution in [0.1, 0.15) is 50.7 Å². The highest BCUT2D eigenvalue weighted by molar-refractivity contribution is 5.59. The van der Waals surface area contributed by atoms with Crippen molar-refractivity contribution in [1.82, 2.24) is 0 Å². The topological polar surface area (TPSA) is 12.0 Å². The van der Waals surface area contributed by atoms with Gasteiger partial charge in [0.05, 0.1) is 0 Å². The Hall–Kier alpha value is -1.24. The summed E-state index contributed by atoms with van der Waals surface area (Å²) in [5.41, 5.74) is 3.95. The lowest BCUT2D eigenvalue weighted by Crippen LogP contribution is -2.04. The third-order valence-corrected chi connectivity index (χ3v) is 3.01. The van der Waals surface area contributed by atoms with Gasteiger partial charge in [0.15, 0.2) is 0 Å². The van der Waals surface area contributed by atoms with Crippen molar-refractivity contribution in [2.24, 2.45) is 0 Å². The predicted molar refractivity (Wildman–Crippen MR) is 78.5 cm³/mol. The molecule has 0 spiro atoms. The van der Waals surface area contributed by atoms with Crippen LogP contribution in [0, 0.1) is 0 Å². The number of aryl methyl sites for hydroxylation is 1. The van der Waals surface area contributed by atoms with Crippen LogP contribution in [-0.2, 0) is 6.42 Å². The standard InChI is InChI=1S/C16H25N/c1-4-7-9-15-13-14(6-3)10-11-16(15)17-12-8-5-2/h6,10-11,13,17H,3-5,7-9,12H2,1-2H3. The Balaban J connectivity index is 2.74. The van der Waals surface area contributed by atoms with Gasteiger partial charge in [-0.05, 0) is 42.5 Å². The summed E-state index contributed by atoms with van der Waals surface area (Å²) in [5.74, 6) is 0. The lowest BCUT2D eigenvalue weighted by molar-refractivity contribution is 0.791. The van der Waals surface area contributed by atoms with Gasteiger partial charge in [0.1, 0.15) is 0 Å². The van der Waals surface area contributed by atoms with Crippen molar-refractivity contribution in [3.63, 3.8) is 0 Å². The smallest absolute Gasteiger partial charge is 0.0373 e. The maximum absolute atomic E-state index is 3.84. The van der Waals surface area contributed by atoms with E-state index >= 15 is 0 Å². The molecule has 0 atom stereocenters. The fraction of sp³-hybridized carbons (Fsp3) is 0.500. The van der Waals surface area contributed by atoms with Crippen LogP contribution in [0.15, 0.2) is 24.8 Å². The van der Waals surface area contributed by atoms with Crippen LogP contribution in [0.5, 0.6) is 0 Å². The van der Waals surface area contributed by atoms with Crippen molar-refractivity contribution < 1.29 is 0 Å². The largest absolute Gasteiger partial charge is 0.385 e. The fourth-order valence-electron chi connectivity index (χ4n) is 1.89. The molecule has 94 valence electrons. The summed E-state index contributed by atoms with van der Waals surface area (Å²) in [7, 11) is 0. The molecule has 0 fully saturated rings. The molecule has 0 saturated heterocycles. The van der Waals surface area contributed by atoms with Crippen molar-refractivity contribution in [1.29, 1.82) is 0 Å². The van der Waals surface area contributed by atoms with Gasteiger partial charge in [-0.25, -0.2) is 0 Å². The number of rotatable bonds is 8. The first-order valence-corrected chi connectivity index (χ1v) is 6.81. The second-order valence-electron chi connectivity index (χ2n) is 4.50. The number of benzene rings is 1. The highest BCUT2D eigenvalue weighted by Gasteiger charge is 2.02. The molecule has 0 aliphatic carbocycles. The third kappa shape index (κ3) is 4.64. The first-order valence-electron chi connectivity index (χ1n) is 6.81. The molecule has 1 nitrogen and oxygen atoms in total. The number of anilines is 1. The van der Waals surface area contributed by atoms with E-state index in [2.05, 4.69) is 43.9 Å². The van der Waals surface area contributed by atoms with Crippen LogP contribution in [-0.4, -0.2) is 6.54 Å². The molecule has 0 aliphatic heterocycles. The summed E-state index contributed by atoms with van der Waals surface area (Å²) in [4.78, 5) is 0. The Labute approximate surface area is 106 Å². The Morgan fingerprint density at radius 1 is 1.18 bits per heavy atom. The third-order valence-electron chi connectivity index (χ3n) is 3.01. The number of hydrogen-bond acceptors (Lipinski definition) is 1. The van der Waals surface area contributed by atoms with Crippen molar-refractivity contribution in [2.75, 3.05) is 11.9 Å². The Morgan fingerprint density at radius 3 is 2.59 bits per heavy atom. The normalized spacial score (nSPS) is 10.2. The number of unbranched alkanes of at least 4 members (excludes halogenated alkanes) is 2. The minimum Gasteiger partial charge on any atom is -0.385 e. The summed E-state index contributed by atoms with van der Waals surface area (Å²) in [6.45, 7) is 9.37. The quantitative estimate of drug-likeness (QED) is 0.628. The molecular weight excluding hydrogens is 206 g/mol. The molecule has 0 bridgehead atoms. The highest BCUT2D eigenvalue weighted by Crippen LogP contribution is 2.20. The number of hydrogen-bond donors (Lipinski definition) is 1. The first kappa shape index (κ1) is 13.8. The molecule has 0 unspecified atom stereocenters. The van der Waals surface area contributed by atoms with Crippen molar-refractivity contribution in [3.8, 4) is 0 Å². The lowest BCUT2D eigenvalue weighted by atomic mass is 10.0. The van der Waals surface area contributed by atoms with E-state index in [1.54, 1.807) is 0 Å². The van der Waals surface area contributed by atoms with Gasteiger partial charge in [0, 0.05) is 12.2 Å². The van der Waals surface area contributed by atoms with Crippen molar-refractivity contribution in [2.45, 2.75) is 46.0 Å². The molecule has 0 aromatic heterocycles. The van der Waals surface area contributed by atoms with Crippen LogP contribution in [0.2, 0.25) is 0 Å². The molecule has 1 N–H and O–H groups in total. The van der Waals surface area contributed by atoms with E-state index in [4.69, 9.17) is 0 Å². The predicted octanol–water partition coefficient (Wildman–Crippen LogP) is 4.88. The Morgan fingerprint density at radius 2 is 1.94 bits per heavy atom. The van der Waals surface area contributed by atoms with E-state index in [-0.39, 0.29) is 0 Å². The van der Waals surface area contributed by atoms with E-state index in [1.807, 2.05) is 6.08 Å². The highest BCUT2D eigenvalue weighted by atomic mass is 14.9. The average Bonchev–Trinajstić information content (AvgIpc) is 2.37. The summed E-state index contributed by atoms with van der Waals surface area (Å²) in [5, 5.41) is 3.54. The van der Waals surface area contributed by atoms with Crippen molar-refractivity contribution in [3.05, 3.63) is 35.9 Å². The second kappa shape index (κ2) is 7.94. The van der Waals surface area contributed by atoms with E-state index in [1.165, 1.54) is 42.5 Å². The summed E-state index contributed by atoms with van der Waals surface area (Å²) >= 11 is 0. The zero-order valence-corrected chi connectivity index (χ0v) is 11.3. The van der Waals surface area contributed by atoms with Crippen molar-refractivity contribution >= 4 is 11.8 Å². The Kier molecular flexibility index (Phi) is 6.46. The zero-order valence-electron chi connectivity index (χ0n) is 11.3. The first-order chi connectivity index (χ1) is 8.31. The van der Waals surface area contributed by atoms with Crippen LogP contribution >= 0.6 is 0 Å². The summed E-state index contributed by atoms with van der Waals surface area (Å²) in [6.07, 6.45) is 8.05. The molecule has 17 heavy (non-hydrogen) atoms. The molecule has 1 rings (SSSR count). The zero-order chi connectivity index (χ0) is 12.5.